The van der Waals surface area contributed by atoms with Gasteiger partial charge in [-0.15, -0.1) is 0 Å². The number of hydrogen-bond donors (Lipinski definition) is 1. The molecule has 0 aliphatic carbocycles. The highest BCUT2D eigenvalue weighted by atomic mass is 19.3. The van der Waals surface area contributed by atoms with Crippen molar-refractivity contribution in [3.63, 3.8) is 0 Å². The lowest BCUT2D eigenvalue weighted by molar-refractivity contribution is -0.131. The van der Waals surface area contributed by atoms with Crippen LogP contribution in [0.2, 0.25) is 0 Å². The van der Waals surface area contributed by atoms with E-state index in [2.05, 4.69) is 5.32 Å². The zero-order valence-corrected chi connectivity index (χ0v) is 9.77. The molecule has 5 heteroatoms. The van der Waals surface area contributed by atoms with Crippen molar-refractivity contribution in [2.75, 3.05) is 6.54 Å². The van der Waals surface area contributed by atoms with Crippen LogP contribution in [0.15, 0.2) is 0 Å². The van der Waals surface area contributed by atoms with Gasteiger partial charge in [-0.25, -0.2) is 13.2 Å². The highest BCUT2D eigenvalue weighted by Crippen LogP contribution is 2.27. The molecule has 0 aromatic heterocycles. The molecule has 0 amide bonds. The maximum atomic E-state index is 13.6. The highest BCUT2D eigenvalue weighted by Gasteiger charge is 2.41. The molecule has 3 atom stereocenters. The van der Waals surface area contributed by atoms with Crippen molar-refractivity contribution in [3.05, 3.63) is 0 Å². The lowest BCUT2D eigenvalue weighted by Crippen LogP contribution is -2.55. The van der Waals surface area contributed by atoms with E-state index in [0.29, 0.717) is 0 Å². The molecule has 16 heavy (non-hydrogen) atoms. The van der Waals surface area contributed by atoms with Crippen LogP contribution in [0.1, 0.15) is 27.2 Å². The summed E-state index contributed by atoms with van der Waals surface area (Å²) >= 11 is 0. The molecule has 3 unspecified atom stereocenters. The van der Waals surface area contributed by atoms with E-state index in [1.165, 1.54) is 0 Å². The van der Waals surface area contributed by atoms with Crippen molar-refractivity contribution in [3.8, 4) is 0 Å². The number of halogens is 3. The van der Waals surface area contributed by atoms with Crippen LogP contribution in [0.25, 0.3) is 0 Å². The van der Waals surface area contributed by atoms with Crippen LogP contribution in [0.4, 0.5) is 13.2 Å². The minimum absolute atomic E-state index is 0.00454. The smallest absolute Gasteiger partial charge is 0.242 e. The Labute approximate surface area is 93.6 Å². The number of piperidine rings is 1. The van der Waals surface area contributed by atoms with Gasteiger partial charge in [0.25, 0.3) is 0 Å². The molecule has 0 bridgehead atoms. The average molecular weight is 237 g/mol. The van der Waals surface area contributed by atoms with Gasteiger partial charge >= 0.3 is 0 Å². The van der Waals surface area contributed by atoms with Crippen LogP contribution < -0.4 is 5.32 Å². The summed E-state index contributed by atoms with van der Waals surface area (Å²) < 4.78 is 38.4. The average Bonchev–Trinajstić information content (AvgIpc) is 2.15. The Morgan fingerprint density at radius 3 is 2.31 bits per heavy atom. The van der Waals surface area contributed by atoms with E-state index in [-0.39, 0.29) is 18.7 Å². The lowest BCUT2D eigenvalue weighted by Gasteiger charge is -2.34. The third-order valence-electron chi connectivity index (χ3n) is 2.87. The van der Waals surface area contributed by atoms with Crippen LogP contribution in [0, 0.1) is 11.3 Å². The first-order chi connectivity index (χ1) is 7.23. The van der Waals surface area contributed by atoms with Gasteiger partial charge in [0.15, 0.2) is 5.78 Å². The van der Waals surface area contributed by atoms with E-state index < -0.39 is 30.0 Å². The minimum Gasteiger partial charge on any atom is -0.305 e. The Hall–Kier alpha value is -0.580. The van der Waals surface area contributed by atoms with E-state index in [9.17, 15) is 18.0 Å². The standard InChI is InChI=1S/C11H18F3NO/c1-11(2,3)9(16)8-7(12)4-6(5-15-8)10(13)14/h6-8,10,15H,4-5H2,1-3H3. The van der Waals surface area contributed by atoms with Crippen LogP contribution in [-0.2, 0) is 4.79 Å². The third kappa shape index (κ3) is 2.97. The largest absolute Gasteiger partial charge is 0.305 e. The number of ketones is 1. The topological polar surface area (TPSA) is 29.1 Å². The molecule has 0 radical (unpaired) electrons. The van der Waals surface area contributed by atoms with E-state index in [1.54, 1.807) is 20.8 Å². The van der Waals surface area contributed by atoms with Gasteiger partial charge in [-0.05, 0) is 6.42 Å². The fourth-order valence-corrected chi connectivity index (χ4v) is 1.83. The molecule has 1 N–H and O–H groups in total. The number of Topliss-reactive ketones (excluding diaryl/α,β-unsaturated/α-hetero) is 1. The van der Waals surface area contributed by atoms with E-state index in [1.807, 2.05) is 0 Å². The second-order valence-electron chi connectivity index (χ2n) is 5.35. The molecule has 0 aromatic carbocycles. The fourth-order valence-electron chi connectivity index (χ4n) is 1.83. The number of hydrogen-bond acceptors (Lipinski definition) is 2. The molecule has 2 nitrogen and oxygen atoms in total. The van der Waals surface area contributed by atoms with Gasteiger partial charge in [-0.3, -0.25) is 4.79 Å². The maximum absolute atomic E-state index is 13.6. The summed E-state index contributed by atoms with van der Waals surface area (Å²) in [4.78, 5) is 11.8. The molecule has 1 heterocycles. The fraction of sp³-hybridized carbons (Fsp3) is 0.909. The predicted octanol–water partition coefficient (Wildman–Crippen LogP) is 2.18. The summed E-state index contributed by atoms with van der Waals surface area (Å²) in [6, 6.07) is -0.935. The van der Waals surface area contributed by atoms with E-state index in [0.717, 1.165) is 0 Å². The Morgan fingerprint density at radius 1 is 1.38 bits per heavy atom. The number of nitrogens with one attached hydrogen (secondary N) is 1. The van der Waals surface area contributed by atoms with Crippen LogP contribution in [0.5, 0.6) is 0 Å². The van der Waals surface area contributed by atoms with E-state index >= 15 is 0 Å². The molecule has 1 saturated heterocycles. The first-order valence-electron chi connectivity index (χ1n) is 5.43. The molecule has 0 saturated carbocycles. The first-order valence-corrected chi connectivity index (χ1v) is 5.43. The van der Waals surface area contributed by atoms with Gasteiger partial charge in [0.05, 0.1) is 6.04 Å². The molecule has 94 valence electrons. The molecule has 1 aliphatic heterocycles. The normalized spacial score (nSPS) is 31.8. The summed E-state index contributed by atoms with van der Waals surface area (Å²) in [7, 11) is 0. The SMILES string of the molecule is CC(C)(C)C(=O)C1NCC(C(F)F)CC1F. The van der Waals surface area contributed by atoms with Gasteiger partial charge in [-0.2, -0.15) is 0 Å². The second kappa shape index (κ2) is 4.73. The Kier molecular flexibility index (Phi) is 3.99. The minimum atomic E-state index is -2.53. The monoisotopic (exact) mass is 237 g/mol. The van der Waals surface area contributed by atoms with Crippen LogP contribution in [-0.4, -0.2) is 31.0 Å². The van der Waals surface area contributed by atoms with Crippen molar-refractivity contribution in [1.29, 1.82) is 0 Å². The Balaban J connectivity index is 2.64. The van der Waals surface area contributed by atoms with E-state index in [4.69, 9.17) is 0 Å². The molecular weight excluding hydrogens is 219 g/mol. The van der Waals surface area contributed by atoms with Gasteiger partial charge in [0.1, 0.15) is 6.17 Å². The lowest BCUT2D eigenvalue weighted by atomic mass is 9.81. The predicted molar refractivity (Wildman–Crippen MR) is 55.3 cm³/mol. The molecule has 0 spiro atoms. The van der Waals surface area contributed by atoms with Crippen molar-refractivity contribution >= 4 is 5.78 Å². The van der Waals surface area contributed by atoms with Crippen molar-refractivity contribution in [1.82, 2.24) is 5.32 Å². The molecule has 1 fully saturated rings. The zero-order valence-electron chi connectivity index (χ0n) is 9.77. The summed E-state index contributed by atoms with van der Waals surface area (Å²) in [6.07, 6.45) is -4.28. The number of alkyl halides is 3. The summed E-state index contributed by atoms with van der Waals surface area (Å²) in [5, 5.41) is 2.60. The quantitative estimate of drug-likeness (QED) is 0.797. The van der Waals surface area contributed by atoms with Crippen molar-refractivity contribution in [2.45, 2.75) is 45.8 Å². The highest BCUT2D eigenvalue weighted by molar-refractivity contribution is 5.89. The molecular formula is C11H18F3NO. The van der Waals surface area contributed by atoms with Gasteiger partial charge in [0.2, 0.25) is 6.43 Å². The van der Waals surface area contributed by atoms with Gasteiger partial charge in [0, 0.05) is 17.9 Å². The van der Waals surface area contributed by atoms with Gasteiger partial charge < -0.3 is 5.32 Å². The third-order valence-corrected chi connectivity index (χ3v) is 2.87. The number of carbonyl (C=O) groups excluding carboxylic acids is 1. The molecule has 1 aliphatic rings. The summed E-state index contributed by atoms with van der Waals surface area (Å²) in [5.41, 5.74) is -0.653. The van der Waals surface area contributed by atoms with Gasteiger partial charge in [-0.1, -0.05) is 20.8 Å². The second-order valence-corrected chi connectivity index (χ2v) is 5.35. The Bertz CT molecular complexity index is 262. The zero-order chi connectivity index (χ0) is 12.5. The maximum Gasteiger partial charge on any atom is 0.242 e. The molecule has 1 rings (SSSR count). The first kappa shape index (κ1) is 13.5. The molecule has 0 aromatic rings. The Morgan fingerprint density at radius 2 is 1.94 bits per heavy atom. The summed E-state index contributed by atoms with van der Waals surface area (Å²) in [6.45, 7) is 5.10. The van der Waals surface area contributed by atoms with Crippen molar-refractivity contribution < 1.29 is 18.0 Å². The van der Waals surface area contributed by atoms with Crippen LogP contribution in [0.3, 0.4) is 0 Å². The van der Waals surface area contributed by atoms with Crippen LogP contribution >= 0.6 is 0 Å². The van der Waals surface area contributed by atoms with Crippen molar-refractivity contribution in [2.24, 2.45) is 11.3 Å². The number of carbonyl (C=O) groups is 1. The number of rotatable bonds is 2. The summed E-state index contributed by atoms with van der Waals surface area (Å²) in [5.74, 6) is -1.24.